The number of carbonyl (C=O) groups is 1. The first-order chi connectivity index (χ1) is 6.69. The zero-order valence-corrected chi connectivity index (χ0v) is 8.41. The highest BCUT2D eigenvalue weighted by Gasteiger charge is 2.29. The minimum Gasteiger partial charge on any atom is -0.409 e. The van der Waals surface area contributed by atoms with E-state index in [0.29, 0.717) is 12.8 Å². The molecule has 6 heteroatoms. The Bertz CT molecular complexity index is 237. The van der Waals surface area contributed by atoms with E-state index in [1.54, 1.807) is 0 Å². The first kappa shape index (κ1) is 11.1. The van der Waals surface area contributed by atoms with Crippen molar-refractivity contribution in [3.05, 3.63) is 0 Å². The molecule has 1 aliphatic carbocycles. The topological polar surface area (TPSA) is 84.9 Å². The van der Waals surface area contributed by atoms with Crippen LogP contribution in [0.5, 0.6) is 0 Å². The van der Waals surface area contributed by atoms with Crippen molar-refractivity contribution < 1.29 is 14.3 Å². The van der Waals surface area contributed by atoms with Crippen molar-refractivity contribution in [2.75, 3.05) is 0 Å². The molecule has 1 aliphatic rings. The molecule has 80 valence electrons. The fourth-order valence-electron chi connectivity index (χ4n) is 1.77. The van der Waals surface area contributed by atoms with Gasteiger partial charge in [-0.2, -0.15) is 0 Å². The number of rotatable bonds is 2. The minimum absolute atomic E-state index is 0.0689. The molecule has 0 radical (unpaired) electrons. The summed E-state index contributed by atoms with van der Waals surface area (Å²) in [5.41, 5.74) is 5.46. The summed E-state index contributed by atoms with van der Waals surface area (Å²) in [7, 11) is 0. The molecule has 1 saturated carbocycles. The van der Waals surface area contributed by atoms with Gasteiger partial charge in [-0.05, 0) is 25.7 Å². The summed E-state index contributed by atoms with van der Waals surface area (Å²) in [6, 6.07) is 0. The Kier molecular flexibility index (Phi) is 4.00. The molecule has 14 heavy (non-hydrogen) atoms. The molecule has 3 N–H and O–H groups in total. The van der Waals surface area contributed by atoms with Gasteiger partial charge in [-0.25, -0.2) is 0 Å². The third-order valence-electron chi connectivity index (χ3n) is 2.67. The van der Waals surface area contributed by atoms with Crippen molar-refractivity contribution in [1.29, 1.82) is 0 Å². The highest BCUT2D eigenvalue weighted by atomic mass is 35.5. The van der Waals surface area contributed by atoms with Gasteiger partial charge in [0.15, 0.2) is 0 Å². The molecule has 0 aromatic carbocycles. The Morgan fingerprint density at radius 3 is 2.29 bits per heavy atom. The van der Waals surface area contributed by atoms with E-state index >= 15 is 0 Å². The molecule has 0 bridgehead atoms. The number of halogens is 1. The summed E-state index contributed by atoms with van der Waals surface area (Å²) in [4.78, 5) is 11.0. The molecular weight excluding hydrogens is 208 g/mol. The Morgan fingerprint density at radius 2 is 1.86 bits per heavy atom. The maximum Gasteiger partial charge on any atom is 0.327 e. The van der Waals surface area contributed by atoms with Gasteiger partial charge in [0.05, 0.1) is 5.92 Å². The Balaban J connectivity index is 2.42. The van der Waals surface area contributed by atoms with Crippen LogP contribution in [0.25, 0.3) is 0 Å². The average Bonchev–Trinajstić information content (AvgIpc) is 2.27. The fourth-order valence-corrected chi connectivity index (χ4v) is 1.90. The molecule has 0 aromatic rings. The number of nitrogens with two attached hydrogens (primary N) is 1. The molecule has 0 aliphatic heterocycles. The van der Waals surface area contributed by atoms with Crippen molar-refractivity contribution in [1.82, 2.24) is 0 Å². The molecule has 0 unspecified atom stereocenters. The lowest BCUT2D eigenvalue weighted by atomic mass is 9.81. The van der Waals surface area contributed by atoms with Crippen LogP contribution in [0.1, 0.15) is 25.7 Å². The lowest BCUT2D eigenvalue weighted by molar-refractivity contribution is -0.139. The van der Waals surface area contributed by atoms with E-state index in [9.17, 15) is 4.79 Å². The SMILES string of the molecule is N/C(=N\O)C1CCC(C(=O)OCl)CC1. The van der Waals surface area contributed by atoms with Crippen LogP contribution in [-0.2, 0) is 9.08 Å². The predicted molar refractivity (Wildman–Crippen MR) is 50.8 cm³/mol. The second kappa shape index (κ2) is 5.05. The van der Waals surface area contributed by atoms with Crippen molar-refractivity contribution >= 4 is 23.7 Å². The molecule has 1 fully saturated rings. The van der Waals surface area contributed by atoms with Gasteiger partial charge in [-0.3, -0.25) is 4.79 Å². The largest absolute Gasteiger partial charge is 0.409 e. The van der Waals surface area contributed by atoms with Gasteiger partial charge in [0.1, 0.15) is 17.7 Å². The maximum atomic E-state index is 11.0. The van der Waals surface area contributed by atoms with Gasteiger partial charge in [0, 0.05) is 5.92 Å². The van der Waals surface area contributed by atoms with Crippen LogP contribution in [0.15, 0.2) is 5.16 Å². The summed E-state index contributed by atoms with van der Waals surface area (Å²) in [6.07, 6.45) is 2.80. The number of oxime groups is 1. The zero-order chi connectivity index (χ0) is 10.6. The van der Waals surface area contributed by atoms with Crippen molar-refractivity contribution in [2.24, 2.45) is 22.7 Å². The van der Waals surface area contributed by atoms with Gasteiger partial charge >= 0.3 is 5.97 Å². The van der Waals surface area contributed by atoms with E-state index in [4.69, 9.17) is 22.8 Å². The maximum absolute atomic E-state index is 11.0. The van der Waals surface area contributed by atoms with E-state index in [1.165, 1.54) is 0 Å². The van der Waals surface area contributed by atoms with E-state index in [1.807, 2.05) is 0 Å². The van der Waals surface area contributed by atoms with Crippen LogP contribution < -0.4 is 5.73 Å². The van der Waals surface area contributed by atoms with Crippen LogP contribution in [0.4, 0.5) is 0 Å². The lowest BCUT2D eigenvalue weighted by Gasteiger charge is -2.25. The lowest BCUT2D eigenvalue weighted by Crippen LogP contribution is -2.30. The van der Waals surface area contributed by atoms with Gasteiger partial charge in [-0.15, -0.1) is 0 Å². The molecule has 1 rings (SSSR count). The standard InChI is InChI=1S/C8H13ClN2O3/c9-14-8(12)6-3-1-5(2-4-6)7(10)11-13/h5-6,13H,1-4H2,(H2,10,11). The minimum atomic E-state index is -0.385. The Morgan fingerprint density at radius 1 is 1.36 bits per heavy atom. The summed E-state index contributed by atoms with van der Waals surface area (Å²) in [5.74, 6) is -0.220. The van der Waals surface area contributed by atoms with Crippen LogP contribution >= 0.6 is 11.9 Å². The van der Waals surface area contributed by atoms with Gasteiger partial charge in [0.25, 0.3) is 0 Å². The fraction of sp³-hybridized carbons (Fsp3) is 0.750. The summed E-state index contributed by atoms with van der Waals surface area (Å²) in [6.45, 7) is 0. The normalized spacial score (nSPS) is 28.5. The summed E-state index contributed by atoms with van der Waals surface area (Å²) < 4.78 is 4.13. The van der Waals surface area contributed by atoms with Crippen molar-refractivity contribution in [2.45, 2.75) is 25.7 Å². The molecule has 0 spiro atoms. The van der Waals surface area contributed by atoms with Gasteiger partial charge < -0.3 is 15.2 Å². The van der Waals surface area contributed by atoms with Gasteiger partial charge in [-0.1, -0.05) is 5.16 Å². The van der Waals surface area contributed by atoms with Crippen molar-refractivity contribution in [3.8, 4) is 0 Å². The second-order valence-corrected chi connectivity index (χ2v) is 3.62. The van der Waals surface area contributed by atoms with Crippen LogP contribution in [0, 0.1) is 11.8 Å². The summed E-state index contributed by atoms with van der Waals surface area (Å²) >= 11 is 4.97. The number of amidine groups is 1. The van der Waals surface area contributed by atoms with Gasteiger partial charge in [0.2, 0.25) is 0 Å². The number of hydrogen-bond donors (Lipinski definition) is 2. The first-order valence-electron chi connectivity index (χ1n) is 4.49. The highest BCUT2D eigenvalue weighted by Crippen LogP contribution is 2.29. The molecule has 0 heterocycles. The van der Waals surface area contributed by atoms with E-state index in [0.717, 1.165) is 12.8 Å². The molecule has 0 saturated heterocycles. The first-order valence-corrected chi connectivity index (χ1v) is 4.79. The van der Waals surface area contributed by atoms with Crippen LogP contribution in [-0.4, -0.2) is 17.0 Å². The third-order valence-corrected chi connectivity index (χ3v) is 2.82. The number of hydrogen-bond acceptors (Lipinski definition) is 4. The quantitative estimate of drug-likeness (QED) is 0.317. The predicted octanol–water partition coefficient (Wildman–Crippen LogP) is 1.24. The smallest absolute Gasteiger partial charge is 0.327 e. The molecule has 0 amide bonds. The Hall–Kier alpha value is -0.970. The van der Waals surface area contributed by atoms with E-state index in [2.05, 4.69) is 9.45 Å². The van der Waals surface area contributed by atoms with E-state index < -0.39 is 0 Å². The monoisotopic (exact) mass is 220 g/mol. The number of carbonyl (C=O) groups excluding carboxylic acids is 1. The molecule has 0 aromatic heterocycles. The number of nitrogens with zero attached hydrogens (tertiary/aromatic N) is 1. The highest BCUT2D eigenvalue weighted by molar-refractivity contribution is 6.13. The Labute approximate surface area is 87.0 Å². The van der Waals surface area contributed by atoms with Crippen LogP contribution in [0.2, 0.25) is 0 Å². The van der Waals surface area contributed by atoms with Crippen LogP contribution in [0.3, 0.4) is 0 Å². The molecule has 0 atom stereocenters. The zero-order valence-electron chi connectivity index (χ0n) is 7.65. The summed E-state index contributed by atoms with van der Waals surface area (Å²) in [5, 5.41) is 11.4. The molecular formula is C8H13ClN2O3. The van der Waals surface area contributed by atoms with Crippen molar-refractivity contribution in [3.63, 3.8) is 0 Å². The third kappa shape index (κ3) is 2.51. The second-order valence-electron chi connectivity index (χ2n) is 3.47. The van der Waals surface area contributed by atoms with E-state index in [-0.39, 0.29) is 23.6 Å². The average molecular weight is 221 g/mol. The molecule has 5 nitrogen and oxygen atoms in total.